The van der Waals surface area contributed by atoms with Gasteiger partial charge in [-0.1, -0.05) is 6.92 Å². The van der Waals surface area contributed by atoms with Crippen molar-refractivity contribution < 1.29 is 22.7 Å². The highest BCUT2D eigenvalue weighted by atomic mass is 32.2. The maximum Gasteiger partial charge on any atom is 0.313 e. The van der Waals surface area contributed by atoms with Crippen molar-refractivity contribution in [2.45, 2.75) is 25.6 Å². The Morgan fingerprint density at radius 3 is 2.65 bits per heavy atom. The highest BCUT2D eigenvalue weighted by molar-refractivity contribution is 8.01. The Morgan fingerprint density at radius 2 is 2.05 bits per heavy atom. The first-order chi connectivity index (χ1) is 9.40. The predicted molar refractivity (Wildman–Crippen MR) is 78.4 cm³/mol. The summed E-state index contributed by atoms with van der Waals surface area (Å²) >= 11 is 1.57. The van der Waals surface area contributed by atoms with Crippen LogP contribution in [0.15, 0.2) is 0 Å². The third-order valence-electron chi connectivity index (χ3n) is 3.03. The van der Waals surface area contributed by atoms with E-state index in [4.69, 9.17) is 4.74 Å². The maximum absolute atomic E-state index is 12.0. The molecular formula is C12H21NO5S2. The van der Waals surface area contributed by atoms with Gasteiger partial charge in [-0.3, -0.25) is 14.5 Å². The van der Waals surface area contributed by atoms with Crippen LogP contribution >= 0.6 is 11.8 Å². The summed E-state index contributed by atoms with van der Waals surface area (Å²) in [6.07, 6.45) is -0.295. The van der Waals surface area contributed by atoms with Crippen LogP contribution in [0.1, 0.15) is 20.3 Å². The standard InChI is InChI=1S/C12H21NO5S2/c1-3-18-12(15)7-10(14)8-13-5-6-19-9-11(13)20(16,17)4-2/h11H,3-9H2,1-2H3. The van der Waals surface area contributed by atoms with Crippen LogP contribution in [0.5, 0.6) is 0 Å². The lowest BCUT2D eigenvalue weighted by Crippen LogP contribution is -2.49. The number of Topliss-reactive ketones (excluding diaryl/α,β-unsaturated/α-hetero) is 1. The van der Waals surface area contributed by atoms with E-state index >= 15 is 0 Å². The fraction of sp³-hybridized carbons (Fsp3) is 0.833. The number of nitrogens with zero attached hydrogens (tertiary/aromatic N) is 1. The fourth-order valence-electron chi connectivity index (χ4n) is 1.97. The SMILES string of the molecule is CCOC(=O)CC(=O)CN1CCSCC1S(=O)(=O)CC. The summed E-state index contributed by atoms with van der Waals surface area (Å²) in [5.41, 5.74) is 0. The second-order valence-electron chi connectivity index (χ2n) is 4.47. The Labute approximate surface area is 124 Å². The molecule has 0 saturated carbocycles. The van der Waals surface area contributed by atoms with E-state index in [0.717, 1.165) is 5.75 Å². The van der Waals surface area contributed by atoms with Gasteiger partial charge in [0.25, 0.3) is 0 Å². The van der Waals surface area contributed by atoms with Gasteiger partial charge in [0, 0.05) is 23.8 Å². The van der Waals surface area contributed by atoms with Gasteiger partial charge in [-0.05, 0) is 6.92 Å². The van der Waals surface area contributed by atoms with E-state index in [1.165, 1.54) is 0 Å². The zero-order valence-corrected chi connectivity index (χ0v) is 13.5. The van der Waals surface area contributed by atoms with Gasteiger partial charge in [0.05, 0.1) is 13.2 Å². The van der Waals surface area contributed by atoms with E-state index in [9.17, 15) is 18.0 Å². The van der Waals surface area contributed by atoms with Crippen molar-refractivity contribution >= 4 is 33.4 Å². The predicted octanol–water partition coefficient (Wildman–Crippen LogP) is 0.318. The number of carbonyl (C=O) groups excluding carboxylic acids is 2. The second-order valence-corrected chi connectivity index (χ2v) is 8.07. The number of ketones is 1. The van der Waals surface area contributed by atoms with Gasteiger partial charge in [0.15, 0.2) is 15.6 Å². The second kappa shape index (κ2) is 7.99. The molecule has 1 rings (SSSR count). The maximum atomic E-state index is 12.0. The van der Waals surface area contributed by atoms with Crippen LogP contribution in [0.25, 0.3) is 0 Å². The molecule has 1 fully saturated rings. The zero-order valence-electron chi connectivity index (χ0n) is 11.8. The minimum atomic E-state index is -3.22. The fourth-order valence-corrected chi connectivity index (χ4v) is 5.05. The summed E-state index contributed by atoms with van der Waals surface area (Å²) < 4.78 is 28.7. The lowest BCUT2D eigenvalue weighted by atomic mass is 10.2. The van der Waals surface area contributed by atoms with E-state index in [-0.39, 0.29) is 31.1 Å². The molecule has 20 heavy (non-hydrogen) atoms. The van der Waals surface area contributed by atoms with Gasteiger partial charge in [-0.15, -0.1) is 0 Å². The molecule has 1 aliphatic heterocycles. The quantitative estimate of drug-likeness (QED) is 0.493. The van der Waals surface area contributed by atoms with E-state index in [0.29, 0.717) is 12.3 Å². The molecule has 0 amide bonds. The topological polar surface area (TPSA) is 80.8 Å². The Hall–Kier alpha value is -0.600. The van der Waals surface area contributed by atoms with Crippen molar-refractivity contribution in [3.63, 3.8) is 0 Å². The molecule has 6 nitrogen and oxygen atoms in total. The van der Waals surface area contributed by atoms with E-state index in [1.807, 2.05) is 0 Å². The molecule has 1 aliphatic rings. The van der Waals surface area contributed by atoms with Gasteiger partial charge < -0.3 is 4.74 Å². The summed E-state index contributed by atoms with van der Waals surface area (Å²) in [7, 11) is -3.22. The average molecular weight is 323 g/mol. The van der Waals surface area contributed by atoms with E-state index < -0.39 is 21.2 Å². The normalized spacial score (nSPS) is 20.6. The van der Waals surface area contributed by atoms with Gasteiger partial charge in [0.1, 0.15) is 11.8 Å². The number of hydrogen-bond donors (Lipinski definition) is 0. The van der Waals surface area contributed by atoms with Gasteiger partial charge in [-0.2, -0.15) is 11.8 Å². The molecule has 1 unspecified atom stereocenters. The van der Waals surface area contributed by atoms with Crippen LogP contribution < -0.4 is 0 Å². The third-order valence-corrected chi connectivity index (χ3v) is 6.37. The lowest BCUT2D eigenvalue weighted by molar-refractivity contribution is -0.145. The molecule has 0 radical (unpaired) electrons. The molecule has 0 N–H and O–H groups in total. The number of ether oxygens (including phenoxy) is 1. The monoisotopic (exact) mass is 323 g/mol. The Balaban J connectivity index is 2.63. The van der Waals surface area contributed by atoms with Crippen LogP contribution in [-0.4, -0.2) is 67.4 Å². The number of rotatable bonds is 7. The van der Waals surface area contributed by atoms with Crippen molar-refractivity contribution in [3.05, 3.63) is 0 Å². The molecule has 0 aromatic heterocycles. The van der Waals surface area contributed by atoms with Crippen LogP contribution in [0.4, 0.5) is 0 Å². The molecule has 116 valence electrons. The molecule has 0 aromatic rings. The smallest absolute Gasteiger partial charge is 0.313 e. The molecule has 0 aromatic carbocycles. The van der Waals surface area contributed by atoms with Crippen molar-refractivity contribution in [3.8, 4) is 0 Å². The van der Waals surface area contributed by atoms with E-state index in [1.54, 1.807) is 30.5 Å². The minimum Gasteiger partial charge on any atom is -0.466 e. The van der Waals surface area contributed by atoms with Crippen molar-refractivity contribution in [1.29, 1.82) is 0 Å². The first kappa shape index (κ1) is 17.5. The molecule has 0 aliphatic carbocycles. The summed E-state index contributed by atoms with van der Waals surface area (Å²) in [6.45, 7) is 4.05. The lowest BCUT2D eigenvalue weighted by Gasteiger charge is -2.33. The first-order valence-electron chi connectivity index (χ1n) is 6.61. The molecule has 0 bridgehead atoms. The summed E-state index contributed by atoms with van der Waals surface area (Å²) in [5, 5.41) is -0.627. The van der Waals surface area contributed by atoms with Crippen molar-refractivity contribution in [2.24, 2.45) is 0 Å². The summed E-state index contributed by atoms with van der Waals surface area (Å²) in [6, 6.07) is 0. The van der Waals surface area contributed by atoms with Crippen LogP contribution in [-0.2, 0) is 24.2 Å². The highest BCUT2D eigenvalue weighted by Crippen LogP contribution is 2.21. The highest BCUT2D eigenvalue weighted by Gasteiger charge is 2.33. The number of sulfone groups is 1. The molecule has 0 spiro atoms. The molecule has 1 heterocycles. The minimum absolute atomic E-state index is 0.0106. The molecule has 1 saturated heterocycles. The Morgan fingerprint density at radius 1 is 1.35 bits per heavy atom. The van der Waals surface area contributed by atoms with Crippen molar-refractivity contribution in [2.75, 3.05) is 37.0 Å². The average Bonchev–Trinajstić information content (AvgIpc) is 2.39. The van der Waals surface area contributed by atoms with E-state index in [2.05, 4.69) is 0 Å². The zero-order chi connectivity index (χ0) is 15.2. The molecular weight excluding hydrogens is 302 g/mol. The van der Waals surface area contributed by atoms with Crippen LogP contribution in [0.3, 0.4) is 0 Å². The summed E-state index contributed by atoms with van der Waals surface area (Å²) in [5.74, 6) is 0.469. The number of thioether (sulfide) groups is 1. The van der Waals surface area contributed by atoms with Gasteiger partial charge in [0.2, 0.25) is 0 Å². The van der Waals surface area contributed by atoms with Gasteiger partial charge >= 0.3 is 5.97 Å². The van der Waals surface area contributed by atoms with Crippen LogP contribution in [0.2, 0.25) is 0 Å². The van der Waals surface area contributed by atoms with Crippen molar-refractivity contribution in [1.82, 2.24) is 4.90 Å². The number of carbonyl (C=O) groups is 2. The van der Waals surface area contributed by atoms with Gasteiger partial charge in [-0.25, -0.2) is 8.42 Å². The molecule has 8 heteroatoms. The molecule has 1 atom stereocenters. The first-order valence-corrected chi connectivity index (χ1v) is 9.48. The largest absolute Gasteiger partial charge is 0.466 e. The number of hydrogen-bond acceptors (Lipinski definition) is 7. The Kier molecular flexibility index (Phi) is 6.97. The number of esters is 1. The van der Waals surface area contributed by atoms with Crippen LogP contribution in [0, 0.1) is 0 Å². The Bertz CT molecular complexity index is 449. The summed E-state index contributed by atoms with van der Waals surface area (Å²) in [4.78, 5) is 24.7. The third kappa shape index (κ3) is 5.06.